The molecule has 8 heavy (non-hydrogen) atoms. The predicted octanol–water partition coefficient (Wildman–Crippen LogP) is 2.04. The fraction of sp³-hybridized carbons (Fsp3) is 1.00. The van der Waals surface area contributed by atoms with Gasteiger partial charge in [-0.1, -0.05) is 21.6 Å². The van der Waals surface area contributed by atoms with Crippen LogP contribution in [-0.4, -0.2) is 22.7 Å². The Balaban J connectivity index is 2.17. The van der Waals surface area contributed by atoms with Gasteiger partial charge in [0.1, 0.15) is 0 Å². The monoisotopic (exact) mass is 186 g/mol. The molecule has 48 valence electrons. The summed E-state index contributed by atoms with van der Waals surface area (Å²) < 4.78 is 0. The van der Waals surface area contributed by atoms with E-state index in [0.717, 1.165) is 11.5 Å². The smallest absolute Gasteiger partial charge is 0.0738 e. The van der Waals surface area contributed by atoms with E-state index in [2.05, 4.69) is 0 Å². The Morgan fingerprint density at radius 2 is 1.62 bits per heavy atom. The molecule has 0 unspecified atom stereocenters. The summed E-state index contributed by atoms with van der Waals surface area (Å²) in [5.74, 6) is 1.76. The Hall–Kier alpha value is 1.36. The van der Waals surface area contributed by atoms with Gasteiger partial charge in [-0.2, -0.15) is 0 Å². The topological polar surface area (TPSA) is 20.2 Å². The molecule has 1 aliphatic heterocycles. The molecule has 0 atom stereocenters. The molecule has 0 saturated carbocycles. The van der Waals surface area contributed by atoms with Crippen molar-refractivity contribution in [2.24, 2.45) is 0 Å². The highest BCUT2D eigenvalue weighted by Crippen LogP contribution is 2.46. The summed E-state index contributed by atoms with van der Waals surface area (Å²) in [7, 11) is 6.98. The fourth-order valence-corrected chi connectivity index (χ4v) is 6.53. The largest absolute Gasteiger partial charge is 0.391 e. The highest BCUT2D eigenvalue weighted by molar-refractivity contribution is 9.26. The molecule has 1 aliphatic rings. The summed E-state index contributed by atoms with van der Waals surface area (Å²) >= 11 is 0. The molecule has 0 spiro atoms. The molecular weight excluding hydrogens is 180 g/mol. The summed E-state index contributed by atoms with van der Waals surface area (Å²) in [6.45, 7) is 0. The molecule has 1 rings (SSSR count). The molecule has 0 radical (unpaired) electrons. The molecule has 1 N–H and O–H groups in total. The minimum absolute atomic E-state index is 0.0903. The van der Waals surface area contributed by atoms with Gasteiger partial charge in [-0.25, -0.2) is 0 Å². The van der Waals surface area contributed by atoms with Crippen LogP contribution in [0.15, 0.2) is 0 Å². The Kier molecular flexibility index (Phi) is 3.94. The standard InChI is InChI=1S/C3H6OS4/c4-3-1-5-7-8-6-2-3/h3-4H,1-2H2. The van der Waals surface area contributed by atoms with Gasteiger partial charge in [0.15, 0.2) is 0 Å². The SMILES string of the molecule is OC1CSSSSC1. The third kappa shape index (κ3) is 2.77. The summed E-state index contributed by atoms with van der Waals surface area (Å²) in [5, 5.41) is 9.02. The lowest BCUT2D eigenvalue weighted by Gasteiger charge is -1.99. The maximum atomic E-state index is 9.02. The van der Waals surface area contributed by atoms with Crippen LogP contribution in [0.2, 0.25) is 0 Å². The first-order valence-electron chi connectivity index (χ1n) is 2.15. The van der Waals surface area contributed by atoms with Crippen molar-refractivity contribution >= 4 is 41.2 Å². The summed E-state index contributed by atoms with van der Waals surface area (Å²) in [4.78, 5) is 0. The minimum Gasteiger partial charge on any atom is -0.391 e. The summed E-state index contributed by atoms with van der Waals surface area (Å²) in [6, 6.07) is 0. The van der Waals surface area contributed by atoms with Crippen LogP contribution >= 0.6 is 41.2 Å². The number of aliphatic hydroxyl groups is 1. The lowest BCUT2D eigenvalue weighted by atomic mass is 10.5. The van der Waals surface area contributed by atoms with Gasteiger partial charge in [-0.3, -0.25) is 0 Å². The molecule has 0 aliphatic carbocycles. The predicted molar refractivity (Wildman–Crippen MR) is 46.1 cm³/mol. The van der Waals surface area contributed by atoms with E-state index in [1.165, 1.54) is 0 Å². The van der Waals surface area contributed by atoms with E-state index < -0.39 is 0 Å². The van der Waals surface area contributed by atoms with E-state index in [1.54, 1.807) is 41.2 Å². The van der Waals surface area contributed by atoms with Crippen molar-refractivity contribution in [1.82, 2.24) is 0 Å². The van der Waals surface area contributed by atoms with Crippen LogP contribution in [0.3, 0.4) is 0 Å². The van der Waals surface area contributed by atoms with Crippen molar-refractivity contribution in [3.8, 4) is 0 Å². The Bertz CT molecular complexity index is 60.3. The van der Waals surface area contributed by atoms with Crippen molar-refractivity contribution in [1.29, 1.82) is 0 Å². The number of hydrogen-bond donors (Lipinski definition) is 1. The molecule has 1 saturated heterocycles. The van der Waals surface area contributed by atoms with Crippen molar-refractivity contribution < 1.29 is 5.11 Å². The van der Waals surface area contributed by atoms with Gasteiger partial charge < -0.3 is 5.11 Å². The maximum Gasteiger partial charge on any atom is 0.0738 e. The van der Waals surface area contributed by atoms with Crippen LogP contribution in [0.25, 0.3) is 0 Å². The van der Waals surface area contributed by atoms with Crippen LogP contribution in [0.4, 0.5) is 0 Å². The summed E-state index contributed by atoms with van der Waals surface area (Å²) in [6.07, 6.45) is -0.0903. The third-order valence-electron chi connectivity index (χ3n) is 0.645. The van der Waals surface area contributed by atoms with Gasteiger partial charge in [0.2, 0.25) is 0 Å². The quantitative estimate of drug-likeness (QED) is 0.582. The van der Waals surface area contributed by atoms with E-state index in [0.29, 0.717) is 0 Å². The number of hydrogen-bond acceptors (Lipinski definition) is 5. The lowest BCUT2D eigenvalue weighted by molar-refractivity contribution is 0.226. The van der Waals surface area contributed by atoms with Gasteiger partial charge in [0.25, 0.3) is 0 Å². The van der Waals surface area contributed by atoms with Crippen molar-refractivity contribution in [2.75, 3.05) is 11.5 Å². The highest BCUT2D eigenvalue weighted by atomic mass is 33.7. The molecule has 1 heterocycles. The Morgan fingerprint density at radius 3 is 2.12 bits per heavy atom. The second kappa shape index (κ2) is 4.22. The van der Waals surface area contributed by atoms with E-state index >= 15 is 0 Å². The van der Waals surface area contributed by atoms with Gasteiger partial charge in [-0.05, 0) is 19.7 Å². The first-order valence-corrected chi connectivity index (χ1v) is 7.31. The van der Waals surface area contributed by atoms with Crippen LogP contribution in [0, 0.1) is 0 Å². The molecule has 1 fully saturated rings. The van der Waals surface area contributed by atoms with Gasteiger partial charge in [0, 0.05) is 11.5 Å². The van der Waals surface area contributed by atoms with E-state index in [1.807, 2.05) is 0 Å². The first-order chi connectivity index (χ1) is 3.89. The molecule has 1 nitrogen and oxygen atoms in total. The van der Waals surface area contributed by atoms with Crippen LogP contribution in [-0.2, 0) is 0 Å². The zero-order chi connectivity index (χ0) is 5.82. The number of aliphatic hydroxyl groups excluding tert-OH is 1. The zero-order valence-electron chi connectivity index (χ0n) is 4.07. The van der Waals surface area contributed by atoms with Gasteiger partial charge in [-0.15, -0.1) is 0 Å². The molecule has 0 amide bonds. The minimum atomic E-state index is -0.0903. The highest BCUT2D eigenvalue weighted by Gasteiger charge is 2.09. The third-order valence-corrected chi connectivity index (χ3v) is 7.23. The van der Waals surface area contributed by atoms with Gasteiger partial charge >= 0.3 is 0 Å². The van der Waals surface area contributed by atoms with Crippen LogP contribution in [0.5, 0.6) is 0 Å². The van der Waals surface area contributed by atoms with Crippen molar-refractivity contribution in [3.63, 3.8) is 0 Å². The Labute approximate surface area is 63.9 Å². The average molecular weight is 186 g/mol. The maximum absolute atomic E-state index is 9.02. The van der Waals surface area contributed by atoms with Crippen LogP contribution < -0.4 is 0 Å². The molecule has 0 aromatic heterocycles. The normalized spacial score (nSPS) is 25.1. The Morgan fingerprint density at radius 1 is 1.12 bits per heavy atom. The first kappa shape index (κ1) is 7.47. The fourth-order valence-electron chi connectivity index (χ4n) is 0.300. The lowest BCUT2D eigenvalue weighted by Crippen LogP contribution is -2.10. The second-order valence-corrected chi connectivity index (χ2v) is 7.45. The molecule has 5 heteroatoms. The number of rotatable bonds is 0. The molecule has 0 aromatic rings. The zero-order valence-corrected chi connectivity index (χ0v) is 7.34. The second-order valence-electron chi connectivity index (χ2n) is 1.36. The van der Waals surface area contributed by atoms with Crippen molar-refractivity contribution in [3.05, 3.63) is 0 Å². The molecule has 0 aromatic carbocycles. The van der Waals surface area contributed by atoms with Crippen LogP contribution in [0.1, 0.15) is 0 Å². The summed E-state index contributed by atoms with van der Waals surface area (Å²) in [5.41, 5.74) is 0. The van der Waals surface area contributed by atoms with E-state index in [9.17, 15) is 0 Å². The molecular formula is C3H6OS4. The van der Waals surface area contributed by atoms with E-state index in [-0.39, 0.29) is 6.10 Å². The van der Waals surface area contributed by atoms with E-state index in [4.69, 9.17) is 5.11 Å². The van der Waals surface area contributed by atoms with Gasteiger partial charge in [0.05, 0.1) is 6.10 Å². The molecule has 0 bridgehead atoms. The van der Waals surface area contributed by atoms with Crippen molar-refractivity contribution in [2.45, 2.75) is 6.10 Å². The average Bonchev–Trinajstić information content (AvgIpc) is 1.94.